The monoisotopic (exact) mass is 334 g/mol. The first-order valence-corrected chi connectivity index (χ1v) is 8.50. The zero-order valence-electron chi connectivity index (χ0n) is 13.0. The van der Waals surface area contributed by atoms with Crippen LogP contribution in [0.4, 0.5) is 4.39 Å². The highest BCUT2D eigenvalue weighted by atomic mass is 32.1. The Morgan fingerprint density at radius 3 is 3.13 bits per heavy atom. The number of aromatic nitrogens is 1. The van der Waals surface area contributed by atoms with E-state index < -0.39 is 6.17 Å². The van der Waals surface area contributed by atoms with Gasteiger partial charge in [-0.25, -0.2) is 4.39 Å². The Balaban J connectivity index is 1.51. The van der Waals surface area contributed by atoms with Crippen LogP contribution in [0.15, 0.2) is 22.0 Å². The standard InChI is InChI=1S/C16H19FN4OS/c1-11-2-15(22-20-11)9-21-8-13(17)4-14(21)6-19-7-16-3-12(5-18)10-23-16/h2-3,10,13-14,19H,4,6-9H2,1H3/t13-,14-/m0/s1. The van der Waals surface area contributed by atoms with Gasteiger partial charge in [0.2, 0.25) is 0 Å². The molecule has 3 rings (SSSR count). The van der Waals surface area contributed by atoms with E-state index in [1.54, 1.807) is 11.3 Å². The molecule has 1 aliphatic rings. The van der Waals surface area contributed by atoms with E-state index in [9.17, 15) is 4.39 Å². The largest absolute Gasteiger partial charge is 0.360 e. The summed E-state index contributed by atoms with van der Waals surface area (Å²) in [5, 5.41) is 17.9. The van der Waals surface area contributed by atoms with E-state index in [0.29, 0.717) is 38.2 Å². The molecule has 2 aromatic rings. The van der Waals surface area contributed by atoms with Crippen LogP contribution in [0.3, 0.4) is 0 Å². The Hall–Kier alpha value is -1.75. The molecule has 1 N–H and O–H groups in total. The van der Waals surface area contributed by atoms with Crippen molar-refractivity contribution in [1.82, 2.24) is 15.4 Å². The van der Waals surface area contributed by atoms with Gasteiger partial charge >= 0.3 is 0 Å². The number of likely N-dealkylation sites (tertiary alicyclic amines) is 1. The van der Waals surface area contributed by atoms with Gasteiger partial charge in [0.25, 0.3) is 0 Å². The number of nitrogens with zero attached hydrogens (tertiary/aromatic N) is 3. The molecule has 23 heavy (non-hydrogen) atoms. The minimum Gasteiger partial charge on any atom is -0.360 e. The van der Waals surface area contributed by atoms with Gasteiger partial charge in [0.05, 0.1) is 17.8 Å². The molecule has 5 nitrogen and oxygen atoms in total. The van der Waals surface area contributed by atoms with Crippen LogP contribution in [0, 0.1) is 18.3 Å². The molecule has 0 saturated carbocycles. The van der Waals surface area contributed by atoms with Crippen molar-refractivity contribution in [3.8, 4) is 6.07 Å². The molecule has 7 heteroatoms. The van der Waals surface area contributed by atoms with Gasteiger partial charge in [-0.3, -0.25) is 4.90 Å². The molecule has 0 aromatic carbocycles. The van der Waals surface area contributed by atoms with E-state index in [1.807, 2.05) is 24.4 Å². The minimum absolute atomic E-state index is 0.144. The molecule has 0 aliphatic carbocycles. The molecule has 0 bridgehead atoms. The van der Waals surface area contributed by atoms with E-state index in [1.165, 1.54) is 0 Å². The smallest absolute Gasteiger partial charge is 0.150 e. The zero-order valence-corrected chi connectivity index (χ0v) is 13.8. The maximum atomic E-state index is 13.8. The predicted octanol–water partition coefficient (Wildman–Crippen LogP) is 2.62. The lowest BCUT2D eigenvalue weighted by Gasteiger charge is -2.22. The first-order valence-electron chi connectivity index (χ1n) is 7.62. The van der Waals surface area contributed by atoms with Crippen LogP contribution >= 0.6 is 11.3 Å². The normalized spacial score (nSPS) is 21.6. The minimum atomic E-state index is -0.794. The Morgan fingerprint density at radius 1 is 1.57 bits per heavy atom. The Labute approximate surface area is 138 Å². The van der Waals surface area contributed by atoms with Gasteiger partial charge in [-0.2, -0.15) is 5.26 Å². The van der Waals surface area contributed by atoms with E-state index in [-0.39, 0.29) is 6.04 Å². The first-order chi connectivity index (χ1) is 11.1. The predicted molar refractivity (Wildman–Crippen MR) is 85.7 cm³/mol. The van der Waals surface area contributed by atoms with Crippen LogP contribution in [-0.4, -0.2) is 35.4 Å². The van der Waals surface area contributed by atoms with Gasteiger partial charge < -0.3 is 9.84 Å². The maximum absolute atomic E-state index is 13.8. The summed E-state index contributed by atoms with van der Waals surface area (Å²) in [6.07, 6.45) is -0.258. The number of hydrogen-bond donors (Lipinski definition) is 1. The van der Waals surface area contributed by atoms with Crippen molar-refractivity contribution >= 4 is 11.3 Å². The molecule has 1 aliphatic heterocycles. The number of aryl methyl sites for hydroxylation is 1. The Kier molecular flexibility index (Phi) is 5.06. The highest BCUT2D eigenvalue weighted by Gasteiger charge is 2.32. The first kappa shape index (κ1) is 16.1. The Morgan fingerprint density at radius 2 is 2.43 bits per heavy atom. The van der Waals surface area contributed by atoms with E-state index in [0.717, 1.165) is 16.3 Å². The number of nitrogens with one attached hydrogen (secondary N) is 1. The van der Waals surface area contributed by atoms with Crippen molar-refractivity contribution in [3.05, 3.63) is 39.4 Å². The molecule has 0 amide bonds. The number of alkyl halides is 1. The summed E-state index contributed by atoms with van der Waals surface area (Å²) in [5.41, 5.74) is 1.54. The molecular weight excluding hydrogens is 315 g/mol. The molecule has 3 heterocycles. The zero-order chi connectivity index (χ0) is 16.2. The fourth-order valence-electron chi connectivity index (χ4n) is 2.91. The second-order valence-corrected chi connectivity index (χ2v) is 6.89. The highest BCUT2D eigenvalue weighted by Crippen LogP contribution is 2.23. The number of rotatable bonds is 6. The van der Waals surface area contributed by atoms with E-state index >= 15 is 0 Å². The fraction of sp³-hybridized carbons (Fsp3) is 0.500. The molecule has 122 valence electrons. The number of hydrogen-bond acceptors (Lipinski definition) is 6. The topological polar surface area (TPSA) is 65.1 Å². The van der Waals surface area contributed by atoms with Crippen LogP contribution in [-0.2, 0) is 13.1 Å². The fourth-order valence-corrected chi connectivity index (χ4v) is 3.69. The van der Waals surface area contributed by atoms with Crippen molar-refractivity contribution < 1.29 is 8.91 Å². The third-order valence-electron chi connectivity index (χ3n) is 3.97. The molecule has 2 atom stereocenters. The third-order valence-corrected chi connectivity index (χ3v) is 4.91. The summed E-state index contributed by atoms with van der Waals surface area (Å²) in [4.78, 5) is 3.22. The van der Waals surface area contributed by atoms with Crippen LogP contribution in [0.5, 0.6) is 0 Å². The second-order valence-electron chi connectivity index (χ2n) is 5.90. The molecule has 0 radical (unpaired) electrons. The molecule has 1 saturated heterocycles. The van der Waals surface area contributed by atoms with Gasteiger partial charge in [-0.05, 0) is 19.4 Å². The maximum Gasteiger partial charge on any atom is 0.150 e. The lowest BCUT2D eigenvalue weighted by Crippen LogP contribution is -2.37. The van der Waals surface area contributed by atoms with Gasteiger partial charge in [-0.1, -0.05) is 5.16 Å². The van der Waals surface area contributed by atoms with Crippen LogP contribution < -0.4 is 5.32 Å². The van der Waals surface area contributed by atoms with Gasteiger partial charge in [0, 0.05) is 42.0 Å². The molecule has 0 unspecified atom stereocenters. The number of halogens is 1. The quantitative estimate of drug-likeness (QED) is 0.880. The second kappa shape index (κ2) is 7.21. The lowest BCUT2D eigenvalue weighted by molar-refractivity contribution is 0.204. The average Bonchev–Trinajstić information content (AvgIpc) is 3.21. The van der Waals surface area contributed by atoms with Crippen molar-refractivity contribution in [3.63, 3.8) is 0 Å². The van der Waals surface area contributed by atoms with Crippen LogP contribution in [0.25, 0.3) is 0 Å². The summed E-state index contributed by atoms with van der Waals surface area (Å²) in [7, 11) is 0. The van der Waals surface area contributed by atoms with Crippen LogP contribution in [0.1, 0.15) is 28.3 Å². The summed E-state index contributed by atoms with van der Waals surface area (Å²) in [6.45, 7) is 4.32. The van der Waals surface area contributed by atoms with Crippen molar-refractivity contribution in [2.45, 2.75) is 38.6 Å². The van der Waals surface area contributed by atoms with Crippen LogP contribution in [0.2, 0.25) is 0 Å². The lowest BCUT2D eigenvalue weighted by atomic mass is 10.2. The summed E-state index contributed by atoms with van der Waals surface area (Å²) in [5.74, 6) is 0.776. The third kappa shape index (κ3) is 4.16. The SMILES string of the molecule is Cc1cc(CN2C[C@@H](F)C[C@H]2CNCc2cc(C#N)cs2)on1. The van der Waals surface area contributed by atoms with Crippen molar-refractivity contribution in [2.75, 3.05) is 13.1 Å². The van der Waals surface area contributed by atoms with E-state index in [4.69, 9.17) is 9.78 Å². The average molecular weight is 334 g/mol. The highest BCUT2D eigenvalue weighted by molar-refractivity contribution is 7.10. The number of thiophene rings is 1. The summed E-state index contributed by atoms with van der Waals surface area (Å²) in [6, 6.07) is 6.06. The molecule has 2 aromatic heterocycles. The molecular formula is C16H19FN4OS. The number of nitriles is 1. The Bertz CT molecular complexity index is 692. The van der Waals surface area contributed by atoms with Gasteiger partial charge in [0.15, 0.2) is 5.76 Å². The van der Waals surface area contributed by atoms with E-state index in [2.05, 4.69) is 21.4 Å². The molecule has 1 fully saturated rings. The van der Waals surface area contributed by atoms with Gasteiger partial charge in [-0.15, -0.1) is 11.3 Å². The summed E-state index contributed by atoms with van der Waals surface area (Å²) >= 11 is 1.57. The molecule has 0 spiro atoms. The van der Waals surface area contributed by atoms with Gasteiger partial charge in [0.1, 0.15) is 12.2 Å². The summed E-state index contributed by atoms with van der Waals surface area (Å²) < 4.78 is 19.0. The van der Waals surface area contributed by atoms with Crippen molar-refractivity contribution in [1.29, 1.82) is 5.26 Å². The van der Waals surface area contributed by atoms with Crippen molar-refractivity contribution in [2.24, 2.45) is 0 Å².